The average Bonchev–Trinajstić information content (AvgIpc) is 1.98. The first kappa shape index (κ1) is 10.1. The van der Waals surface area contributed by atoms with Crippen LogP contribution in [0.1, 0.15) is 6.92 Å². The van der Waals surface area contributed by atoms with Gasteiger partial charge in [-0.1, -0.05) is 0 Å². The summed E-state index contributed by atoms with van der Waals surface area (Å²) >= 11 is 5.05. The lowest BCUT2D eigenvalue weighted by Gasteiger charge is -1.96. The number of carbonyl (C=O) groups excluding carboxylic acids is 3. The zero-order chi connectivity index (χ0) is 8.85. The Morgan fingerprint density at radius 3 is 2.18 bits per heavy atom. The topological polar surface area (TPSA) is 60.4 Å². The van der Waals surface area contributed by atoms with Crippen LogP contribution >= 0.6 is 11.6 Å². The van der Waals surface area contributed by atoms with Gasteiger partial charge in [0, 0.05) is 6.92 Å². The maximum absolute atomic E-state index is 10.6. The average molecular weight is 179 g/mol. The fourth-order valence-corrected chi connectivity index (χ4v) is 0.471. The van der Waals surface area contributed by atoms with Gasteiger partial charge in [-0.2, -0.15) is 0 Å². The Labute approximate surface area is 68.5 Å². The van der Waals surface area contributed by atoms with E-state index in [0.717, 1.165) is 6.92 Å². The minimum Gasteiger partial charge on any atom is -0.457 e. The van der Waals surface area contributed by atoms with Crippen LogP contribution < -0.4 is 0 Å². The van der Waals surface area contributed by atoms with Gasteiger partial charge < -0.3 is 4.74 Å². The first-order valence-corrected chi connectivity index (χ1v) is 3.36. The third-order valence-corrected chi connectivity index (χ3v) is 1.08. The van der Waals surface area contributed by atoms with Gasteiger partial charge in [-0.25, -0.2) is 0 Å². The molecule has 0 aromatic heterocycles. The lowest BCUT2D eigenvalue weighted by atomic mass is 10.3. The van der Waals surface area contributed by atoms with Crippen LogP contribution in [0.25, 0.3) is 0 Å². The quantitative estimate of drug-likeness (QED) is 0.343. The van der Waals surface area contributed by atoms with E-state index in [1.165, 1.54) is 0 Å². The standard InChI is InChI=1S/C6H7ClO4/c1-4(8)11-3-6(10)5(9)2-7/h2-3H2,1H3. The Balaban J connectivity index is 3.70. The SMILES string of the molecule is CC(=O)OCC(=O)C(=O)CCl. The van der Waals surface area contributed by atoms with Gasteiger partial charge >= 0.3 is 5.97 Å². The molecule has 0 N–H and O–H groups in total. The highest BCUT2D eigenvalue weighted by Crippen LogP contribution is 1.84. The Morgan fingerprint density at radius 1 is 1.27 bits per heavy atom. The number of Topliss-reactive ketones (excluding diaryl/α,β-unsaturated/α-hetero) is 2. The number of esters is 1. The maximum atomic E-state index is 10.6. The molecule has 0 fully saturated rings. The zero-order valence-electron chi connectivity index (χ0n) is 5.93. The second-order valence-corrected chi connectivity index (χ2v) is 2.03. The summed E-state index contributed by atoms with van der Waals surface area (Å²) in [6.07, 6.45) is 0. The van der Waals surface area contributed by atoms with Crippen LogP contribution in [0, 0.1) is 0 Å². The Morgan fingerprint density at radius 2 is 1.82 bits per heavy atom. The minimum atomic E-state index is -0.782. The van der Waals surface area contributed by atoms with E-state index in [1.807, 2.05) is 0 Å². The van der Waals surface area contributed by atoms with E-state index in [-0.39, 0.29) is 5.88 Å². The van der Waals surface area contributed by atoms with E-state index in [2.05, 4.69) is 4.74 Å². The molecule has 0 unspecified atom stereocenters. The molecule has 0 spiro atoms. The van der Waals surface area contributed by atoms with Gasteiger partial charge in [0.05, 0.1) is 5.88 Å². The van der Waals surface area contributed by atoms with Crippen molar-refractivity contribution in [1.29, 1.82) is 0 Å². The normalized spacial score (nSPS) is 8.91. The number of hydrogen-bond acceptors (Lipinski definition) is 4. The highest BCUT2D eigenvalue weighted by atomic mass is 35.5. The van der Waals surface area contributed by atoms with Crippen LogP contribution in [0.15, 0.2) is 0 Å². The van der Waals surface area contributed by atoms with E-state index >= 15 is 0 Å². The third-order valence-electron chi connectivity index (χ3n) is 0.839. The van der Waals surface area contributed by atoms with Gasteiger partial charge in [0.25, 0.3) is 0 Å². The summed E-state index contributed by atoms with van der Waals surface area (Å²) in [4.78, 5) is 31.2. The summed E-state index contributed by atoms with van der Waals surface area (Å²) in [6.45, 7) is 0.638. The van der Waals surface area contributed by atoms with Gasteiger partial charge in [-0.05, 0) is 0 Å². The van der Waals surface area contributed by atoms with Crippen LogP contribution in [0.2, 0.25) is 0 Å². The molecular weight excluding hydrogens is 172 g/mol. The third kappa shape index (κ3) is 4.50. The molecule has 0 aliphatic carbocycles. The number of carbonyl (C=O) groups is 3. The Kier molecular flexibility index (Phi) is 4.45. The maximum Gasteiger partial charge on any atom is 0.303 e. The van der Waals surface area contributed by atoms with Crippen molar-refractivity contribution in [2.75, 3.05) is 12.5 Å². The summed E-state index contributed by atoms with van der Waals surface area (Å²) < 4.78 is 4.26. The molecule has 0 amide bonds. The first-order valence-electron chi connectivity index (χ1n) is 2.83. The van der Waals surface area contributed by atoms with Crippen LogP contribution in [-0.4, -0.2) is 30.0 Å². The van der Waals surface area contributed by atoms with Crippen LogP contribution in [0.4, 0.5) is 0 Å². The fraction of sp³-hybridized carbons (Fsp3) is 0.500. The number of alkyl halides is 1. The van der Waals surface area contributed by atoms with E-state index in [4.69, 9.17) is 11.6 Å². The van der Waals surface area contributed by atoms with Gasteiger partial charge in [-0.15, -0.1) is 11.6 Å². The lowest BCUT2D eigenvalue weighted by molar-refractivity contribution is -0.148. The summed E-state index contributed by atoms with van der Waals surface area (Å²) in [5, 5.41) is 0. The zero-order valence-corrected chi connectivity index (χ0v) is 6.68. The van der Waals surface area contributed by atoms with Gasteiger partial charge in [0.1, 0.15) is 0 Å². The molecule has 0 saturated heterocycles. The van der Waals surface area contributed by atoms with Crippen LogP contribution in [-0.2, 0) is 19.1 Å². The van der Waals surface area contributed by atoms with Crippen molar-refractivity contribution in [2.45, 2.75) is 6.92 Å². The highest BCUT2D eigenvalue weighted by Gasteiger charge is 2.12. The van der Waals surface area contributed by atoms with Gasteiger partial charge in [0.2, 0.25) is 11.6 Å². The van der Waals surface area contributed by atoms with Gasteiger partial charge in [0.15, 0.2) is 6.61 Å². The molecular formula is C6H7ClO4. The minimum absolute atomic E-state index is 0.375. The first-order chi connectivity index (χ1) is 5.07. The van der Waals surface area contributed by atoms with Crippen molar-refractivity contribution in [2.24, 2.45) is 0 Å². The van der Waals surface area contributed by atoms with Crippen molar-refractivity contribution < 1.29 is 19.1 Å². The molecule has 5 heteroatoms. The largest absolute Gasteiger partial charge is 0.457 e. The van der Waals surface area contributed by atoms with E-state index in [0.29, 0.717) is 0 Å². The molecule has 11 heavy (non-hydrogen) atoms. The number of hydrogen-bond donors (Lipinski definition) is 0. The molecule has 0 aromatic carbocycles. The van der Waals surface area contributed by atoms with Crippen molar-refractivity contribution in [1.82, 2.24) is 0 Å². The molecule has 4 nitrogen and oxygen atoms in total. The van der Waals surface area contributed by atoms with Gasteiger partial charge in [-0.3, -0.25) is 14.4 Å². The van der Waals surface area contributed by atoms with E-state index < -0.39 is 24.1 Å². The predicted octanol–water partition coefficient (Wildman–Crippen LogP) is -0.0735. The summed E-state index contributed by atoms with van der Waals surface area (Å²) in [5.74, 6) is -2.50. The number of halogens is 1. The van der Waals surface area contributed by atoms with Crippen molar-refractivity contribution in [3.05, 3.63) is 0 Å². The molecule has 0 radical (unpaired) electrons. The van der Waals surface area contributed by atoms with E-state index in [9.17, 15) is 14.4 Å². The Bertz CT molecular complexity index is 187. The fourth-order valence-electron chi connectivity index (χ4n) is 0.322. The monoisotopic (exact) mass is 178 g/mol. The van der Waals surface area contributed by atoms with Crippen molar-refractivity contribution >= 4 is 29.1 Å². The second-order valence-electron chi connectivity index (χ2n) is 1.76. The molecule has 0 heterocycles. The number of ketones is 2. The summed E-state index contributed by atoms with van der Waals surface area (Å²) in [7, 11) is 0. The summed E-state index contributed by atoms with van der Waals surface area (Å²) in [6, 6.07) is 0. The van der Waals surface area contributed by atoms with Crippen molar-refractivity contribution in [3.63, 3.8) is 0 Å². The Hall–Kier alpha value is -0.900. The van der Waals surface area contributed by atoms with Crippen LogP contribution in [0.5, 0.6) is 0 Å². The highest BCUT2D eigenvalue weighted by molar-refractivity contribution is 6.47. The molecule has 0 aliphatic rings. The number of rotatable bonds is 4. The molecule has 62 valence electrons. The smallest absolute Gasteiger partial charge is 0.303 e. The predicted molar refractivity (Wildman–Crippen MR) is 37.4 cm³/mol. The number of ether oxygens (including phenoxy) is 1. The molecule has 0 aromatic rings. The molecule has 0 aliphatic heterocycles. The molecule has 0 atom stereocenters. The molecule has 0 saturated carbocycles. The lowest BCUT2D eigenvalue weighted by Crippen LogP contribution is -2.21. The molecule has 0 bridgehead atoms. The van der Waals surface area contributed by atoms with Crippen molar-refractivity contribution in [3.8, 4) is 0 Å². The summed E-state index contributed by atoms with van der Waals surface area (Å²) in [5.41, 5.74) is 0. The second kappa shape index (κ2) is 4.85. The van der Waals surface area contributed by atoms with E-state index in [1.54, 1.807) is 0 Å². The molecule has 0 rings (SSSR count). The van der Waals surface area contributed by atoms with Crippen LogP contribution in [0.3, 0.4) is 0 Å².